The topological polar surface area (TPSA) is 79.9 Å². The molecule has 0 bridgehead atoms. The molecule has 1 aromatic carbocycles. The van der Waals surface area contributed by atoms with Crippen molar-refractivity contribution in [3.8, 4) is 11.8 Å². The first-order valence-electron chi connectivity index (χ1n) is 6.62. The van der Waals surface area contributed by atoms with Crippen LogP contribution in [0.1, 0.15) is 11.1 Å². The second-order valence-corrected chi connectivity index (χ2v) is 4.95. The van der Waals surface area contributed by atoms with E-state index in [1.807, 2.05) is 30.3 Å². The maximum absolute atomic E-state index is 12.4. The lowest BCUT2D eigenvalue weighted by molar-refractivity contribution is -0.121. The Hall–Kier alpha value is -2.81. The van der Waals surface area contributed by atoms with E-state index < -0.39 is 0 Å². The summed E-state index contributed by atoms with van der Waals surface area (Å²) in [6, 6.07) is 9.71. The number of nitriles is 1. The molecule has 1 aliphatic rings. The van der Waals surface area contributed by atoms with Crippen molar-refractivity contribution in [2.45, 2.75) is 6.42 Å². The molecule has 1 aliphatic heterocycles. The predicted molar refractivity (Wildman–Crippen MR) is 75.7 cm³/mol. The Morgan fingerprint density at radius 3 is 3.14 bits per heavy atom. The zero-order chi connectivity index (χ0) is 14.8. The molecular weight excluding hydrogens is 268 g/mol. The third-order valence-corrected chi connectivity index (χ3v) is 3.55. The summed E-state index contributed by atoms with van der Waals surface area (Å²) in [7, 11) is 1.68. The van der Waals surface area contributed by atoms with Crippen LogP contribution in [0.5, 0.6) is 5.75 Å². The highest BCUT2D eigenvalue weighted by Crippen LogP contribution is 2.27. The number of aryl methyl sites for hydroxylation is 1. The number of aromatic nitrogens is 2. The normalized spacial score (nSPS) is 16.5. The highest BCUT2D eigenvalue weighted by atomic mass is 16.5. The zero-order valence-electron chi connectivity index (χ0n) is 11.5. The average Bonchev–Trinajstić information content (AvgIpc) is 2.87. The molecule has 1 N–H and O–H groups in total. The highest BCUT2D eigenvalue weighted by molar-refractivity contribution is 5.93. The lowest BCUT2D eigenvalue weighted by atomic mass is 9.96. The molecule has 0 aliphatic carbocycles. The Bertz CT molecular complexity index is 730. The van der Waals surface area contributed by atoms with Crippen LogP contribution >= 0.6 is 0 Å². The number of nitrogens with zero attached hydrogens (tertiary/aromatic N) is 3. The number of carbonyl (C=O) groups excluding carboxylic acids is 1. The summed E-state index contributed by atoms with van der Waals surface area (Å²) in [5.41, 5.74) is 1.37. The molecule has 3 rings (SSSR count). The Morgan fingerprint density at radius 2 is 2.33 bits per heavy atom. The van der Waals surface area contributed by atoms with E-state index in [9.17, 15) is 4.79 Å². The number of ether oxygens (including phenoxy) is 1. The van der Waals surface area contributed by atoms with Crippen molar-refractivity contribution in [3.05, 3.63) is 41.6 Å². The number of rotatable bonds is 2. The van der Waals surface area contributed by atoms with Crippen LogP contribution in [0.3, 0.4) is 0 Å². The average molecular weight is 282 g/mol. The molecule has 0 radical (unpaired) electrons. The van der Waals surface area contributed by atoms with Gasteiger partial charge in [-0.2, -0.15) is 10.4 Å². The Morgan fingerprint density at radius 1 is 1.52 bits per heavy atom. The minimum absolute atomic E-state index is 0.162. The quantitative estimate of drug-likeness (QED) is 0.904. The fourth-order valence-electron chi connectivity index (χ4n) is 2.38. The summed E-state index contributed by atoms with van der Waals surface area (Å²) in [5.74, 6) is 0.812. The van der Waals surface area contributed by atoms with E-state index >= 15 is 0 Å². The van der Waals surface area contributed by atoms with Crippen molar-refractivity contribution < 1.29 is 9.53 Å². The molecule has 1 aromatic heterocycles. The van der Waals surface area contributed by atoms with E-state index in [2.05, 4.69) is 10.4 Å². The second kappa shape index (κ2) is 5.29. The zero-order valence-corrected chi connectivity index (χ0v) is 11.5. The Balaban J connectivity index is 1.76. The van der Waals surface area contributed by atoms with Crippen LogP contribution in [0, 0.1) is 17.2 Å². The molecular formula is C15H14N4O2. The summed E-state index contributed by atoms with van der Waals surface area (Å²) in [6.45, 7) is 0.336. The third-order valence-electron chi connectivity index (χ3n) is 3.55. The van der Waals surface area contributed by atoms with Crippen molar-refractivity contribution in [2.75, 3.05) is 11.9 Å². The SMILES string of the molecule is Cn1ncc(C#N)c1NC(=O)C1COc2ccccc2C1. The minimum Gasteiger partial charge on any atom is -0.492 e. The van der Waals surface area contributed by atoms with Gasteiger partial charge in [-0.15, -0.1) is 0 Å². The third kappa shape index (κ3) is 2.46. The van der Waals surface area contributed by atoms with Gasteiger partial charge in [0.15, 0.2) is 0 Å². The highest BCUT2D eigenvalue weighted by Gasteiger charge is 2.27. The van der Waals surface area contributed by atoms with E-state index in [1.165, 1.54) is 10.9 Å². The van der Waals surface area contributed by atoms with E-state index in [0.717, 1.165) is 11.3 Å². The smallest absolute Gasteiger partial charge is 0.232 e. The van der Waals surface area contributed by atoms with Crippen molar-refractivity contribution in [1.82, 2.24) is 9.78 Å². The number of fused-ring (bicyclic) bond motifs is 1. The number of para-hydroxylation sites is 1. The fraction of sp³-hybridized carbons (Fsp3) is 0.267. The standard InChI is InChI=1S/C15H14N4O2/c1-19-14(12(7-16)8-17-19)18-15(20)11-6-10-4-2-3-5-13(10)21-9-11/h2-5,8,11H,6,9H2,1H3,(H,18,20). The lowest BCUT2D eigenvalue weighted by Gasteiger charge is -2.24. The maximum Gasteiger partial charge on any atom is 0.232 e. The van der Waals surface area contributed by atoms with E-state index in [1.54, 1.807) is 7.05 Å². The minimum atomic E-state index is -0.277. The summed E-state index contributed by atoms with van der Waals surface area (Å²) in [5, 5.41) is 15.7. The molecule has 6 nitrogen and oxygen atoms in total. The van der Waals surface area contributed by atoms with Crippen LogP contribution in [-0.4, -0.2) is 22.3 Å². The number of benzene rings is 1. The Labute approximate surface area is 121 Å². The number of hydrogen-bond donors (Lipinski definition) is 1. The second-order valence-electron chi connectivity index (χ2n) is 4.95. The van der Waals surface area contributed by atoms with Crippen molar-refractivity contribution in [3.63, 3.8) is 0 Å². The molecule has 1 unspecified atom stereocenters. The number of hydrogen-bond acceptors (Lipinski definition) is 4. The Kier molecular flexibility index (Phi) is 3.32. The van der Waals surface area contributed by atoms with E-state index in [0.29, 0.717) is 24.4 Å². The molecule has 0 saturated heterocycles. The monoisotopic (exact) mass is 282 g/mol. The molecule has 2 aromatic rings. The van der Waals surface area contributed by atoms with Crippen LogP contribution in [-0.2, 0) is 18.3 Å². The summed E-state index contributed by atoms with van der Waals surface area (Å²) in [6.07, 6.45) is 2.06. The number of carbonyl (C=O) groups is 1. The molecule has 106 valence electrons. The lowest BCUT2D eigenvalue weighted by Crippen LogP contribution is -2.33. The first kappa shape index (κ1) is 13.2. The van der Waals surface area contributed by atoms with Crippen LogP contribution < -0.4 is 10.1 Å². The van der Waals surface area contributed by atoms with Crippen molar-refractivity contribution in [2.24, 2.45) is 13.0 Å². The van der Waals surface area contributed by atoms with Gasteiger partial charge in [-0.25, -0.2) is 0 Å². The molecule has 6 heteroatoms. The first-order chi connectivity index (χ1) is 10.2. The van der Waals surface area contributed by atoms with Gasteiger partial charge in [0.25, 0.3) is 0 Å². The van der Waals surface area contributed by atoms with Gasteiger partial charge >= 0.3 is 0 Å². The number of anilines is 1. The molecule has 21 heavy (non-hydrogen) atoms. The van der Waals surface area contributed by atoms with Crippen LogP contribution in [0.4, 0.5) is 5.82 Å². The largest absolute Gasteiger partial charge is 0.492 e. The maximum atomic E-state index is 12.4. The first-order valence-corrected chi connectivity index (χ1v) is 6.62. The fourth-order valence-corrected chi connectivity index (χ4v) is 2.38. The van der Waals surface area contributed by atoms with Gasteiger partial charge in [0.1, 0.15) is 29.8 Å². The molecule has 0 spiro atoms. The van der Waals surface area contributed by atoms with Gasteiger partial charge in [-0.05, 0) is 18.1 Å². The van der Waals surface area contributed by atoms with Crippen molar-refractivity contribution >= 4 is 11.7 Å². The molecule has 0 fully saturated rings. The van der Waals surface area contributed by atoms with Gasteiger partial charge in [0.2, 0.25) is 5.91 Å². The van der Waals surface area contributed by atoms with Crippen LogP contribution in [0.15, 0.2) is 30.5 Å². The molecule has 1 amide bonds. The van der Waals surface area contributed by atoms with Crippen molar-refractivity contribution in [1.29, 1.82) is 5.26 Å². The number of amides is 1. The van der Waals surface area contributed by atoms with Gasteiger partial charge in [-0.3, -0.25) is 9.48 Å². The van der Waals surface area contributed by atoms with E-state index in [-0.39, 0.29) is 11.8 Å². The van der Waals surface area contributed by atoms with Gasteiger partial charge in [0, 0.05) is 7.05 Å². The summed E-state index contributed by atoms with van der Waals surface area (Å²) in [4.78, 5) is 12.4. The van der Waals surface area contributed by atoms with Gasteiger partial charge < -0.3 is 10.1 Å². The molecule has 1 atom stereocenters. The number of nitrogens with one attached hydrogen (secondary N) is 1. The molecule has 0 saturated carbocycles. The van der Waals surface area contributed by atoms with Crippen LogP contribution in [0.2, 0.25) is 0 Å². The van der Waals surface area contributed by atoms with E-state index in [4.69, 9.17) is 10.00 Å². The predicted octanol–water partition coefficient (Wildman–Crippen LogP) is 1.48. The van der Waals surface area contributed by atoms with Gasteiger partial charge in [0.05, 0.1) is 12.1 Å². The summed E-state index contributed by atoms with van der Waals surface area (Å²) < 4.78 is 7.10. The molecule has 2 heterocycles. The van der Waals surface area contributed by atoms with Gasteiger partial charge in [-0.1, -0.05) is 18.2 Å². The summed E-state index contributed by atoms with van der Waals surface area (Å²) >= 11 is 0. The van der Waals surface area contributed by atoms with Crippen LogP contribution in [0.25, 0.3) is 0 Å².